The maximum absolute atomic E-state index is 11.4. The van der Waals surface area contributed by atoms with Gasteiger partial charge in [0.2, 0.25) is 0 Å². The van der Waals surface area contributed by atoms with Gasteiger partial charge < -0.3 is 10.0 Å². The van der Waals surface area contributed by atoms with Crippen LogP contribution in [0.15, 0.2) is 18.6 Å². The first-order valence-corrected chi connectivity index (χ1v) is 10.1. The third-order valence-corrected chi connectivity index (χ3v) is 6.61. The fraction of sp³-hybridized carbons (Fsp3) is 0.421. The first kappa shape index (κ1) is 16.6. The smallest absolute Gasteiger partial charge is 0.308 e. The van der Waals surface area contributed by atoms with Crippen molar-refractivity contribution in [3.05, 3.63) is 29.0 Å². The predicted octanol–water partition coefficient (Wildman–Crippen LogP) is 2.94. The molecule has 2 aliphatic rings. The van der Waals surface area contributed by atoms with Crippen molar-refractivity contribution < 1.29 is 9.90 Å². The van der Waals surface area contributed by atoms with Crippen LogP contribution in [0.3, 0.4) is 0 Å². The van der Waals surface area contributed by atoms with E-state index in [9.17, 15) is 9.90 Å². The van der Waals surface area contributed by atoms with Gasteiger partial charge in [0.05, 0.1) is 17.5 Å². The molecule has 1 unspecified atom stereocenters. The monoisotopic (exact) mass is 381 g/mol. The molecule has 1 N–H and O–H groups in total. The summed E-state index contributed by atoms with van der Waals surface area (Å²) in [4.78, 5) is 34.1. The molecular formula is C19H19N5O2S. The van der Waals surface area contributed by atoms with Crippen molar-refractivity contribution in [1.82, 2.24) is 19.9 Å². The normalized spacial score (nSPS) is 19.4. The van der Waals surface area contributed by atoms with E-state index in [4.69, 9.17) is 9.97 Å². The lowest BCUT2D eigenvalue weighted by Gasteiger charge is -2.20. The lowest BCUT2D eigenvalue weighted by atomic mass is 9.97. The number of carboxylic acid groups (broad SMARTS) is 1. The zero-order valence-corrected chi connectivity index (χ0v) is 15.6. The van der Waals surface area contributed by atoms with Crippen molar-refractivity contribution in [3.8, 4) is 11.5 Å². The second kappa shape index (κ2) is 6.53. The fourth-order valence-corrected chi connectivity index (χ4v) is 5.31. The quantitative estimate of drug-likeness (QED) is 0.746. The minimum Gasteiger partial charge on any atom is -0.481 e. The highest BCUT2D eigenvalue weighted by Crippen LogP contribution is 2.41. The van der Waals surface area contributed by atoms with Crippen molar-refractivity contribution in [2.75, 3.05) is 18.0 Å². The molecule has 0 amide bonds. The standard InChI is InChI=1S/C19H19N5O2S/c25-19(26)11-5-8-24(10-11)17-15-12-3-1-2-4-14(12)27-18(15)23-16(22-17)13-9-20-6-7-21-13/h6-7,9,11H,1-5,8,10H2,(H,25,26). The average Bonchev–Trinajstić information content (AvgIpc) is 3.33. The van der Waals surface area contributed by atoms with E-state index in [2.05, 4.69) is 14.9 Å². The van der Waals surface area contributed by atoms with Gasteiger partial charge in [-0.25, -0.2) is 15.0 Å². The van der Waals surface area contributed by atoms with Crippen LogP contribution in [0.4, 0.5) is 5.82 Å². The summed E-state index contributed by atoms with van der Waals surface area (Å²) in [6, 6.07) is 0. The zero-order valence-electron chi connectivity index (χ0n) is 14.8. The first-order valence-electron chi connectivity index (χ1n) is 9.27. The number of anilines is 1. The van der Waals surface area contributed by atoms with Gasteiger partial charge >= 0.3 is 5.97 Å². The van der Waals surface area contributed by atoms with E-state index in [1.807, 2.05) is 0 Å². The summed E-state index contributed by atoms with van der Waals surface area (Å²) in [5.41, 5.74) is 2.00. The van der Waals surface area contributed by atoms with Crippen molar-refractivity contribution in [2.24, 2.45) is 5.92 Å². The summed E-state index contributed by atoms with van der Waals surface area (Å²) >= 11 is 1.75. The minimum absolute atomic E-state index is 0.343. The molecule has 0 aromatic carbocycles. The molecule has 0 saturated carbocycles. The van der Waals surface area contributed by atoms with Crippen LogP contribution in [0, 0.1) is 5.92 Å². The van der Waals surface area contributed by atoms with Crippen molar-refractivity contribution in [3.63, 3.8) is 0 Å². The number of hydrogen-bond acceptors (Lipinski definition) is 7. The van der Waals surface area contributed by atoms with Crippen molar-refractivity contribution in [2.45, 2.75) is 32.1 Å². The maximum Gasteiger partial charge on any atom is 0.308 e. The predicted molar refractivity (Wildman–Crippen MR) is 103 cm³/mol. The van der Waals surface area contributed by atoms with E-state index in [1.165, 1.54) is 23.3 Å². The number of aromatic nitrogens is 4. The molecule has 5 rings (SSSR count). The molecule has 1 aliphatic carbocycles. The SMILES string of the molecule is O=C(O)C1CCN(c2nc(-c3cnccn3)nc3sc4c(c23)CCCC4)C1. The molecule has 1 aliphatic heterocycles. The molecule has 27 heavy (non-hydrogen) atoms. The van der Waals surface area contributed by atoms with Gasteiger partial charge in [-0.3, -0.25) is 9.78 Å². The number of aliphatic carboxylic acids is 1. The average molecular weight is 381 g/mol. The summed E-state index contributed by atoms with van der Waals surface area (Å²) in [7, 11) is 0. The molecule has 0 radical (unpaired) electrons. The second-order valence-electron chi connectivity index (χ2n) is 7.12. The Labute approximate surface area is 160 Å². The van der Waals surface area contributed by atoms with Crippen LogP contribution in [0.5, 0.6) is 0 Å². The van der Waals surface area contributed by atoms with Crippen molar-refractivity contribution in [1.29, 1.82) is 0 Å². The van der Waals surface area contributed by atoms with E-state index >= 15 is 0 Å². The molecule has 8 heteroatoms. The number of carboxylic acids is 1. The molecule has 138 valence electrons. The van der Waals surface area contributed by atoms with E-state index in [0.717, 1.165) is 28.9 Å². The van der Waals surface area contributed by atoms with E-state index in [1.54, 1.807) is 29.9 Å². The van der Waals surface area contributed by atoms with E-state index < -0.39 is 5.97 Å². The minimum atomic E-state index is -0.732. The second-order valence-corrected chi connectivity index (χ2v) is 8.21. The van der Waals surface area contributed by atoms with Crippen LogP contribution in [-0.4, -0.2) is 44.1 Å². The Morgan fingerprint density at radius 1 is 1.22 bits per heavy atom. The van der Waals surface area contributed by atoms with Gasteiger partial charge in [0.15, 0.2) is 5.82 Å². The summed E-state index contributed by atoms with van der Waals surface area (Å²) in [6.07, 6.45) is 10.1. The van der Waals surface area contributed by atoms with Crippen LogP contribution in [0.1, 0.15) is 29.7 Å². The zero-order chi connectivity index (χ0) is 18.4. The van der Waals surface area contributed by atoms with Crippen LogP contribution in [0.2, 0.25) is 0 Å². The molecule has 7 nitrogen and oxygen atoms in total. The Kier molecular flexibility index (Phi) is 4.00. The molecule has 4 heterocycles. The lowest BCUT2D eigenvalue weighted by Crippen LogP contribution is -2.24. The van der Waals surface area contributed by atoms with Crippen LogP contribution >= 0.6 is 11.3 Å². The molecule has 1 fully saturated rings. The summed E-state index contributed by atoms with van der Waals surface area (Å²) < 4.78 is 0. The van der Waals surface area contributed by atoms with Crippen LogP contribution in [-0.2, 0) is 17.6 Å². The number of rotatable bonds is 3. The van der Waals surface area contributed by atoms with E-state index in [-0.39, 0.29) is 5.92 Å². The highest BCUT2D eigenvalue weighted by molar-refractivity contribution is 7.19. The summed E-state index contributed by atoms with van der Waals surface area (Å²) in [5, 5.41) is 10.5. The molecule has 0 spiro atoms. The third kappa shape index (κ3) is 2.84. The Bertz CT molecular complexity index is 1020. The highest BCUT2D eigenvalue weighted by Gasteiger charge is 2.32. The number of carbonyl (C=O) groups is 1. The maximum atomic E-state index is 11.4. The first-order chi connectivity index (χ1) is 13.2. The number of aryl methyl sites for hydroxylation is 2. The Morgan fingerprint density at radius 2 is 2.11 bits per heavy atom. The molecule has 1 atom stereocenters. The topological polar surface area (TPSA) is 92.1 Å². The fourth-order valence-electron chi connectivity index (χ4n) is 4.05. The van der Waals surface area contributed by atoms with Crippen LogP contribution in [0.25, 0.3) is 21.7 Å². The number of nitrogens with zero attached hydrogens (tertiary/aromatic N) is 5. The lowest BCUT2D eigenvalue weighted by molar-refractivity contribution is -0.140. The van der Waals surface area contributed by atoms with E-state index in [0.29, 0.717) is 31.0 Å². The Balaban J connectivity index is 1.69. The van der Waals surface area contributed by atoms with Gasteiger partial charge in [0.25, 0.3) is 0 Å². The summed E-state index contributed by atoms with van der Waals surface area (Å²) in [5.74, 6) is 0.348. The molecular weight excluding hydrogens is 362 g/mol. The third-order valence-electron chi connectivity index (χ3n) is 5.42. The molecule has 0 bridgehead atoms. The van der Waals surface area contributed by atoms with Crippen LogP contribution < -0.4 is 4.90 Å². The summed E-state index contributed by atoms with van der Waals surface area (Å²) in [6.45, 7) is 1.19. The number of fused-ring (bicyclic) bond motifs is 3. The van der Waals surface area contributed by atoms with Gasteiger partial charge in [0.1, 0.15) is 16.3 Å². The highest BCUT2D eigenvalue weighted by atomic mass is 32.1. The molecule has 1 saturated heterocycles. The Hall–Kier alpha value is -2.61. The Morgan fingerprint density at radius 3 is 2.89 bits per heavy atom. The molecule has 3 aromatic rings. The van der Waals surface area contributed by atoms with Gasteiger partial charge in [0, 0.05) is 30.4 Å². The number of thiophene rings is 1. The van der Waals surface area contributed by atoms with Crippen molar-refractivity contribution >= 4 is 33.3 Å². The van der Waals surface area contributed by atoms with Gasteiger partial charge in [-0.2, -0.15) is 0 Å². The number of hydrogen-bond donors (Lipinski definition) is 1. The van der Waals surface area contributed by atoms with Gasteiger partial charge in [-0.1, -0.05) is 0 Å². The van der Waals surface area contributed by atoms with Gasteiger partial charge in [-0.05, 0) is 37.7 Å². The largest absolute Gasteiger partial charge is 0.481 e. The molecule has 3 aromatic heterocycles. The van der Waals surface area contributed by atoms with Gasteiger partial charge in [-0.15, -0.1) is 11.3 Å².